The third-order valence-corrected chi connectivity index (χ3v) is 6.83. The first-order chi connectivity index (χ1) is 18.8. The van der Waals surface area contributed by atoms with E-state index in [1.807, 2.05) is 61.7 Å². The lowest BCUT2D eigenvalue weighted by Crippen LogP contribution is -2.54. The molecule has 1 aliphatic heterocycles. The fourth-order valence-corrected chi connectivity index (χ4v) is 4.94. The number of rotatable bonds is 8. The molecule has 0 saturated carbocycles. The molecule has 198 valence electrons. The minimum Gasteiger partial charge on any atom is -0.494 e. The maximum absolute atomic E-state index is 13.4. The van der Waals surface area contributed by atoms with Gasteiger partial charge in [0.2, 0.25) is 0 Å². The van der Waals surface area contributed by atoms with Gasteiger partial charge in [-0.2, -0.15) is 0 Å². The van der Waals surface area contributed by atoms with Crippen molar-refractivity contribution >= 4 is 40.5 Å². The standard InChI is InChI=1S/C32H31N3O4/c1-4-23-10-12-25(13-11-23)35-31(37)28(30(36)33-32(35)38)19-24-20-34(29-9-6-5-8-27(24)29)14-7-15-39-26-17-21(2)16-22(3)18-26/h5-6,8-13,16-20H,4,7,14-15H2,1-3H3,(H,33,36,38)/b28-19-. The minimum absolute atomic E-state index is 0.0878. The van der Waals surface area contributed by atoms with Gasteiger partial charge < -0.3 is 9.30 Å². The van der Waals surface area contributed by atoms with Crippen molar-refractivity contribution in [2.75, 3.05) is 11.5 Å². The van der Waals surface area contributed by atoms with E-state index in [2.05, 4.69) is 29.8 Å². The van der Waals surface area contributed by atoms with E-state index in [9.17, 15) is 14.4 Å². The Labute approximate surface area is 227 Å². The van der Waals surface area contributed by atoms with Gasteiger partial charge in [-0.1, -0.05) is 43.3 Å². The number of fused-ring (bicyclic) bond motifs is 1. The summed E-state index contributed by atoms with van der Waals surface area (Å²) in [7, 11) is 0. The SMILES string of the molecule is CCc1ccc(N2C(=O)NC(=O)/C(=C/c3cn(CCCOc4cc(C)cc(C)c4)c4ccccc34)C2=O)cc1. The Morgan fingerprint density at radius 2 is 1.64 bits per heavy atom. The van der Waals surface area contributed by atoms with Crippen LogP contribution in [0.2, 0.25) is 0 Å². The minimum atomic E-state index is -0.752. The topological polar surface area (TPSA) is 80.6 Å². The molecule has 0 atom stereocenters. The highest BCUT2D eigenvalue weighted by Gasteiger charge is 2.37. The highest BCUT2D eigenvalue weighted by molar-refractivity contribution is 6.39. The fraction of sp³-hybridized carbons (Fsp3) is 0.219. The lowest BCUT2D eigenvalue weighted by Gasteiger charge is -2.26. The van der Waals surface area contributed by atoms with Crippen LogP contribution in [0.25, 0.3) is 17.0 Å². The summed E-state index contributed by atoms with van der Waals surface area (Å²) in [6.45, 7) is 7.39. The van der Waals surface area contributed by atoms with Gasteiger partial charge in [0, 0.05) is 29.2 Å². The molecule has 39 heavy (non-hydrogen) atoms. The molecule has 1 fully saturated rings. The maximum atomic E-state index is 13.4. The van der Waals surface area contributed by atoms with E-state index >= 15 is 0 Å². The summed E-state index contributed by atoms with van der Waals surface area (Å²) in [5.41, 5.74) is 5.46. The van der Waals surface area contributed by atoms with E-state index in [0.29, 0.717) is 18.8 Å². The van der Waals surface area contributed by atoms with E-state index in [1.54, 1.807) is 18.2 Å². The molecule has 0 unspecified atom stereocenters. The summed E-state index contributed by atoms with van der Waals surface area (Å²) in [4.78, 5) is 39.8. The van der Waals surface area contributed by atoms with Crippen LogP contribution in [0.1, 0.15) is 35.6 Å². The van der Waals surface area contributed by atoms with E-state index in [0.717, 1.165) is 45.5 Å². The molecule has 1 aromatic heterocycles. The Balaban J connectivity index is 1.38. The number of hydrogen-bond donors (Lipinski definition) is 1. The fourth-order valence-electron chi connectivity index (χ4n) is 4.94. The van der Waals surface area contributed by atoms with Gasteiger partial charge in [-0.15, -0.1) is 0 Å². The van der Waals surface area contributed by atoms with Gasteiger partial charge in [0.05, 0.1) is 12.3 Å². The molecule has 1 saturated heterocycles. The number of hydrogen-bond acceptors (Lipinski definition) is 4. The highest BCUT2D eigenvalue weighted by atomic mass is 16.5. The Kier molecular flexibility index (Phi) is 7.32. The van der Waals surface area contributed by atoms with Crippen molar-refractivity contribution in [3.63, 3.8) is 0 Å². The van der Waals surface area contributed by atoms with Gasteiger partial charge in [0.1, 0.15) is 11.3 Å². The maximum Gasteiger partial charge on any atom is 0.335 e. The summed E-state index contributed by atoms with van der Waals surface area (Å²) < 4.78 is 8.08. The monoisotopic (exact) mass is 521 g/mol. The zero-order valence-electron chi connectivity index (χ0n) is 22.4. The predicted octanol–water partition coefficient (Wildman–Crippen LogP) is 5.96. The summed E-state index contributed by atoms with van der Waals surface area (Å²) in [5, 5.41) is 3.23. The van der Waals surface area contributed by atoms with Gasteiger partial charge in [-0.05, 0) is 79.8 Å². The third kappa shape index (κ3) is 5.48. The van der Waals surface area contributed by atoms with Crippen LogP contribution in [0.3, 0.4) is 0 Å². The number of nitrogens with zero attached hydrogens (tertiary/aromatic N) is 2. The number of aryl methyl sites for hydroxylation is 4. The molecule has 5 rings (SSSR count). The number of aromatic nitrogens is 1. The Morgan fingerprint density at radius 3 is 2.36 bits per heavy atom. The molecule has 1 aliphatic rings. The molecule has 4 aromatic rings. The number of carbonyl (C=O) groups is 3. The summed E-state index contributed by atoms with van der Waals surface area (Å²) in [6, 6.07) is 20.4. The van der Waals surface area contributed by atoms with E-state index in [4.69, 9.17) is 4.74 Å². The smallest absolute Gasteiger partial charge is 0.335 e. The van der Waals surface area contributed by atoms with E-state index in [-0.39, 0.29) is 5.57 Å². The van der Waals surface area contributed by atoms with Crippen molar-refractivity contribution in [3.8, 4) is 5.75 Å². The summed E-state index contributed by atoms with van der Waals surface area (Å²) >= 11 is 0. The zero-order valence-corrected chi connectivity index (χ0v) is 22.4. The van der Waals surface area contributed by atoms with Gasteiger partial charge in [-0.3, -0.25) is 14.9 Å². The molecule has 7 heteroatoms. The molecular weight excluding hydrogens is 490 g/mol. The van der Waals surface area contributed by atoms with Crippen molar-refractivity contribution in [3.05, 3.63) is 101 Å². The van der Waals surface area contributed by atoms with E-state index in [1.165, 1.54) is 11.1 Å². The second-order valence-corrected chi connectivity index (χ2v) is 9.80. The quantitative estimate of drug-likeness (QED) is 0.176. The number of benzene rings is 3. The molecule has 3 aromatic carbocycles. The van der Waals surface area contributed by atoms with Crippen LogP contribution >= 0.6 is 0 Å². The second-order valence-electron chi connectivity index (χ2n) is 9.80. The number of anilines is 1. The first kappa shape index (κ1) is 26.0. The largest absolute Gasteiger partial charge is 0.494 e. The van der Waals surface area contributed by atoms with Crippen LogP contribution in [0.4, 0.5) is 10.5 Å². The number of amides is 4. The molecule has 7 nitrogen and oxygen atoms in total. The highest BCUT2D eigenvalue weighted by Crippen LogP contribution is 2.27. The molecule has 1 N–H and O–H groups in total. The van der Waals surface area contributed by atoms with Gasteiger partial charge in [-0.25, -0.2) is 9.69 Å². The summed E-state index contributed by atoms with van der Waals surface area (Å²) in [6.07, 6.45) is 5.12. The number of ether oxygens (including phenoxy) is 1. The number of urea groups is 1. The molecule has 0 aliphatic carbocycles. The average molecular weight is 522 g/mol. The Hall–Kier alpha value is -4.65. The predicted molar refractivity (Wildman–Crippen MR) is 153 cm³/mol. The first-order valence-corrected chi connectivity index (χ1v) is 13.1. The average Bonchev–Trinajstić information content (AvgIpc) is 3.26. The van der Waals surface area contributed by atoms with Gasteiger partial charge in [0.25, 0.3) is 11.8 Å². The number of nitrogens with one attached hydrogen (secondary N) is 1. The Morgan fingerprint density at radius 1 is 0.923 bits per heavy atom. The third-order valence-electron chi connectivity index (χ3n) is 6.83. The van der Waals surface area contributed by atoms with Crippen LogP contribution in [0, 0.1) is 13.8 Å². The zero-order chi connectivity index (χ0) is 27.5. The molecule has 0 bridgehead atoms. The lowest BCUT2D eigenvalue weighted by molar-refractivity contribution is -0.122. The first-order valence-electron chi connectivity index (χ1n) is 13.1. The molecule has 2 heterocycles. The van der Waals surface area contributed by atoms with Crippen molar-refractivity contribution in [2.24, 2.45) is 0 Å². The number of para-hydroxylation sites is 1. The van der Waals surface area contributed by atoms with Crippen molar-refractivity contribution in [2.45, 2.75) is 40.2 Å². The van der Waals surface area contributed by atoms with Crippen molar-refractivity contribution < 1.29 is 19.1 Å². The normalized spacial score (nSPS) is 14.8. The van der Waals surface area contributed by atoms with Crippen LogP contribution in [0.5, 0.6) is 5.75 Å². The molecule has 4 amide bonds. The van der Waals surface area contributed by atoms with Crippen molar-refractivity contribution in [1.82, 2.24) is 9.88 Å². The van der Waals surface area contributed by atoms with Crippen molar-refractivity contribution in [1.29, 1.82) is 0 Å². The van der Waals surface area contributed by atoms with Gasteiger partial charge >= 0.3 is 6.03 Å². The van der Waals surface area contributed by atoms with Crippen LogP contribution in [0.15, 0.2) is 78.5 Å². The second kappa shape index (κ2) is 11.0. The lowest BCUT2D eigenvalue weighted by atomic mass is 10.1. The van der Waals surface area contributed by atoms with E-state index < -0.39 is 17.8 Å². The number of imide groups is 2. The Bertz CT molecular complexity index is 1580. The summed E-state index contributed by atoms with van der Waals surface area (Å²) in [5.74, 6) is -0.489. The number of carbonyl (C=O) groups excluding carboxylic acids is 3. The van der Waals surface area contributed by atoms with Gasteiger partial charge in [0.15, 0.2) is 0 Å². The van der Waals surface area contributed by atoms with Crippen LogP contribution in [-0.2, 0) is 22.6 Å². The molecule has 0 spiro atoms. The number of barbiturate groups is 1. The van der Waals surface area contributed by atoms with Crippen LogP contribution < -0.4 is 15.0 Å². The molecular formula is C32H31N3O4. The molecule has 0 radical (unpaired) electrons. The van der Waals surface area contributed by atoms with Crippen LogP contribution in [-0.4, -0.2) is 29.0 Å².